The Labute approximate surface area is 115 Å². The summed E-state index contributed by atoms with van der Waals surface area (Å²) in [6, 6.07) is 4.33. The highest BCUT2D eigenvalue weighted by Gasteiger charge is 2.32. The van der Waals surface area contributed by atoms with Gasteiger partial charge in [-0.25, -0.2) is 13.8 Å². The Kier molecular flexibility index (Phi) is 3.93. The third kappa shape index (κ3) is 3.27. The van der Waals surface area contributed by atoms with Gasteiger partial charge in [-0.2, -0.15) is 5.10 Å². The Hall–Kier alpha value is -2.09. The van der Waals surface area contributed by atoms with Gasteiger partial charge in [0.2, 0.25) is 5.91 Å². The van der Waals surface area contributed by atoms with Crippen molar-refractivity contribution in [3.63, 3.8) is 0 Å². The average Bonchev–Trinajstić information content (AvgIpc) is 2.75. The number of carbonyl (C=O) groups is 1. The van der Waals surface area contributed by atoms with E-state index >= 15 is 0 Å². The van der Waals surface area contributed by atoms with Gasteiger partial charge in [0, 0.05) is 5.56 Å². The van der Waals surface area contributed by atoms with Crippen LogP contribution < -0.4 is 5.43 Å². The molecule has 1 aliphatic heterocycles. The van der Waals surface area contributed by atoms with Crippen LogP contribution in [0.25, 0.3) is 0 Å². The molecule has 1 aromatic carbocycles. The van der Waals surface area contributed by atoms with Gasteiger partial charge >= 0.3 is 0 Å². The van der Waals surface area contributed by atoms with Crippen molar-refractivity contribution in [3.05, 3.63) is 23.8 Å². The zero-order valence-corrected chi connectivity index (χ0v) is 11.3. The lowest BCUT2D eigenvalue weighted by molar-refractivity contribution is -0.124. The molecule has 0 aliphatic carbocycles. The summed E-state index contributed by atoms with van der Waals surface area (Å²) < 4.78 is 22.5. The van der Waals surface area contributed by atoms with E-state index in [1.54, 1.807) is 0 Å². The molecule has 1 heterocycles. The number of hydrogen-bond donors (Lipinski definition) is 3. The molecule has 0 saturated carbocycles. The Bertz CT molecular complexity index is 654. The Morgan fingerprint density at radius 3 is 2.80 bits per heavy atom. The predicted molar refractivity (Wildman–Crippen MR) is 72.3 cm³/mol. The fourth-order valence-electron chi connectivity index (χ4n) is 1.91. The minimum absolute atomic E-state index is 0.0160. The van der Waals surface area contributed by atoms with Gasteiger partial charge in [0.1, 0.15) is 0 Å². The van der Waals surface area contributed by atoms with E-state index in [0.29, 0.717) is 6.42 Å². The molecule has 0 bridgehead atoms. The zero-order valence-electron chi connectivity index (χ0n) is 10.5. The van der Waals surface area contributed by atoms with Gasteiger partial charge < -0.3 is 10.2 Å². The molecule has 1 aromatic rings. The third-order valence-corrected chi connectivity index (χ3v) is 4.80. The standard InChI is InChI=1S/C12H14N2O5S/c15-10-3-1-2-8(11(10)16)6-13-14-12(17)9-4-5-20(18,19)7-9/h1-3,6,9,15-16H,4-5,7H2,(H,14,17)/b13-6+/t9-/m1/s1. The number of hydrazone groups is 1. The van der Waals surface area contributed by atoms with E-state index in [1.165, 1.54) is 24.4 Å². The second kappa shape index (κ2) is 5.49. The first-order valence-electron chi connectivity index (χ1n) is 5.93. The molecule has 1 saturated heterocycles. The largest absolute Gasteiger partial charge is 0.504 e. The van der Waals surface area contributed by atoms with Gasteiger partial charge in [0.15, 0.2) is 21.3 Å². The summed E-state index contributed by atoms with van der Waals surface area (Å²) >= 11 is 0. The van der Waals surface area contributed by atoms with E-state index in [4.69, 9.17) is 0 Å². The van der Waals surface area contributed by atoms with Gasteiger partial charge in [0.25, 0.3) is 0 Å². The quantitative estimate of drug-likeness (QED) is 0.412. The Morgan fingerprint density at radius 1 is 1.40 bits per heavy atom. The zero-order chi connectivity index (χ0) is 14.8. The molecule has 1 amide bonds. The smallest absolute Gasteiger partial charge is 0.244 e. The number of nitrogens with one attached hydrogen (secondary N) is 1. The summed E-state index contributed by atoms with van der Waals surface area (Å²) in [5.74, 6) is -1.83. The van der Waals surface area contributed by atoms with Crippen LogP contribution in [0, 0.1) is 5.92 Å². The lowest BCUT2D eigenvalue weighted by atomic mass is 10.1. The van der Waals surface area contributed by atoms with E-state index in [-0.39, 0.29) is 28.6 Å². The normalized spacial score (nSPS) is 21.1. The molecular formula is C12H14N2O5S. The maximum absolute atomic E-state index is 11.7. The van der Waals surface area contributed by atoms with E-state index in [1.807, 2.05) is 0 Å². The van der Waals surface area contributed by atoms with E-state index in [0.717, 1.165) is 0 Å². The van der Waals surface area contributed by atoms with Crippen molar-refractivity contribution in [3.8, 4) is 11.5 Å². The SMILES string of the molecule is O=C(N/N=C/c1cccc(O)c1O)[C@@H]1CCS(=O)(=O)C1. The van der Waals surface area contributed by atoms with Crippen LogP contribution in [0.4, 0.5) is 0 Å². The molecule has 0 spiro atoms. The average molecular weight is 298 g/mol. The number of amides is 1. The van der Waals surface area contributed by atoms with E-state index in [2.05, 4.69) is 10.5 Å². The molecule has 0 radical (unpaired) electrons. The van der Waals surface area contributed by atoms with Crippen molar-refractivity contribution in [1.29, 1.82) is 0 Å². The van der Waals surface area contributed by atoms with Crippen LogP contribution in [0.1, 0.15) is 12.0 Å². The molecule has 1 aliphatic rings. The lowest BCUT2D eigenvalue weighted by Crippen LogP contribution is -2.27. The van der Waals surface area contributed by atoms with Gasteiger partial charge in [0.05, 0.1) is 23.6 Å². The molecule has 0 unspecified atom stereocenters. The van der Waals surface area contributed by atoms with Gasteiger partial charge in [-0.05, 0) is 18.6 Å². The molecule has 7 nitrogen and oxygen atoms in total. The highest BCUT2D eigenvalue weighted by atomic mass is 32.2. The summed E-state index contributed by atoms with van der Waals surface area (Å²) in [5.41, 5.74) is 2.47. The highest BCUT2D eigenvalue weighted by molar-refractivity contribution is 7.91. The molecule has 2 rings (SSSR count). The first-order valence-corrected chi connectivity index (χ1v) is 7.75. The molecule has 108 valence electrons. The number of hydrogen-bond acceptors (Lipinski definition) is 6. The number of rotatable bonds is 3. The molecular weight excluding hydrogens is 284 g/mol. The van der Waals surface area contributed by atoms with Crippen LogP contribution in [0.5, 0.6) is 11.5 Å². The first kappa shape index (κ1) is 14.3. The van der Waals surface area contributed by atoms with Crippen LogP contribution in [0.3, 0.4) is 0 Å². The van der Waals surface area contributed by atoms with Gasteiger partial charge in [-0.1, -0.05) is 6.07 Å². The van der Waals surface area contributed by atoms with Crippen molar-refractivity contribution in [1.82, 2.24) is 5.43 Å². The van der Waals surface area contributed by atoms with E-state index < -0.39 is 21.7 Å². The van der Waals surface area contributed by atoms with Crippen LogP contribution in [-0.4, -0.2) is 42.3 Å². The van der Waals surface area contributed by atoms with Crippen LogP contribution in [-0.2, 0) is 14.6 Å². The molecule has 3 N–H and O–H groups in total. The Morgan fingerprint density at radius 2 is 2.15 bits per heavy atom. The molecule has 20 heavy (non-hydrogen) atoms. The molecule has 1 atom stereocenters. The summed E-state index contributed by atoms with van der Waals surface area (Å²) in [4.78, 5) is 11.7. The van der Waals surface area contributed by atoms with Crippen molar-refractivity contribution >= 4 is 22.0 Å². The second-order valence-electron chi connectivity index (χ2n) is 4.55. The minimum Gasteiger partial charge on any atom is -0.504 e. The predicted octanol–water partition coefficient (Wildman–Crippen LogP) is -0.0174. The fourth-order valence-corrected chi connectivity index (χ4v) is 3.65. The number of para-hydroxylation sites is 1. The fraction of sp³-hybridized carbons (Fsp3) is 0.333. The minimum atomic E-state index is -3.12. The summed E-state index contributed by atoms with van der Waals surface area (Å²) in [7, 11) is -3.12. The number of carbonyl (C=O) groups excluding carboxylic acids is 1. The third-order valence-electron chi connectivity index (χ3n) is 3.03. The van der Waals surface area contributed by atoms with Gasteiger partial charge in [-0.3, -0.25) is 4.79 Å². The number of nitrogens with zero attached hydrogens (tertiary/aromatic N) is 1. The van der Waals surface area contributed by atoms with Crippen LogP contribution in [0.2, 0.25) is 0 Å². The van der Waals surface area contributed by atoms with Gasteiger partial charge in [-0.15, -0.1) is 0 Å². The van der Waals surface area contributed by atoms with Crippen molar-refractivity contribution in [2.24, 2.45) is 11.0 Å². The summed E-state index contributed by atoms with van der Waals surface area (Å²) in [6.45, 7) is 0. The summed E-state index contributed by atoms with van der Waals surface area (Å²) in [6.07, 6.45) is 1.47. The second-order valence-corrected chi connectivity index (χ2v) is 6.78. The maximum Gasteiger partial charge on any atom is 0.244 e. The highest BCUT2D eigenvalue weighted by Crippen LogP contribution is 2.26. The van der Waals surface area contributed by atoms with E-state index in [9.17, 15) is 23.4 Å². The first-order chi connectivity index (χ1) is 9.39. The van der Waals surface area contributed by atoms with Crippen molar-refractivity contribution in [2.75, 3.05) is 11.5 Å². The number of phenolic OH excluding ortho intramolecular Hbond substituents is 2. The molecule has 8 heteroatoms. The van der Waals surface area contributed by atoms with Crippen molar-refractivity contribution in [2.45, 2.75) is 6.42 Å². The van der Waals surface area contributed by atoms with Crippen LogP contribution >= 0.6 is 0 Å². The number of benzene rings is 1. The lowest BCUT2D eigenvalue weighted by Gasteiger charge is -2.05. The summed E-state index contributed by atoms with van der Waals surface area (Å²) in [5, 5.41) is 22.4. The molecule has 1 fully saturated rings. The topological polar surface area (TPSA) is 116 Å². The molecule has 0 aromatic heterocycles. The van der Waals surface area contributed by atoms with Crippen LogP contribution in [0.15, 0.2) is 23.3 Å². The number of aromatic hydroxyl groups is 2. The number of sulfone groups is 1. The number of phenols is 2. The maximum atomic E-state index is 11.7. The van der Waals surface area contributed by atoms with Crippen molar-refractivity contribution < 1.29 is 23.4 Å². The monoisotopic (exact) mass is 298 g/mol. The Balaban J connectivity index is 1.97.